The van der Waals surface area contributed by atoms with E-state index in [2.05, 4.69) is 6.08 Å². The lowest BCUT2D eigenvalue weighted by atomic mass is 10.3. The van der Waals surface area contributed by atoms with Gasteiger partial charge in [-0.2, -0.15) is 17.5 Å². The highest BCUT2D eigenvalue weighted by Gasteiger charge is 2.49. The Hall–Kier alpha value is -0.560. The van der Waals surface area contributed by atoms with Crippen molar-refractivity contribution in [3.05, 3.63) is 12.2 Å². The minimum Gasteiger partial charge on any atom is -0.203 e. The van der Waals surface area contributed by atoms with Gasteiger partial charge in [-0.15, -0.1) is 0 Å². The van der Waals surface area contributed by atoms with Crippen LogP contribution in [0.25, 0.3) is 0 Å². The average molecular weight is 214 g/mol. The normalized spacial score (nSPS) is 20.5. The number of nitrogens with zero attached hydrogens (tertiary/aromatic N) is 1. The van der Waals surface area contributed by atoms with E-state index < -0.39 is 15.5 Å². The Labute approximate surface area is 73.9 Å². The molecular weight excluding hydrogens is 207 g/mol. The van der Waals surface area contributed by atoms with Crippen LogP contribution >= 0.6 is 0 Å². The number of alkyl halides is 3. The van der Waals surface area contributed by atoms with Gasteiger partial charge in [0.05, 0.1) is 0 Å². The minimum absolute atomic E-state index is 0.154. The highest BCUT2D eigenvalue weighted by molar-refractivity contribution is 7.90. The Kier molecular flexibility index (Phi) is 2.67. The molecule has 13 heavy (non-hydrogen) atoms. The van der Waals surface area contributed by atoms with E-state index in [0.717, 1.165) is 0 Å². The zero-order chi connectivity index (χ0) is 10.1. The highest BCUT2D eigenvalue weighted by atomic mass is 32.2. The van der Waals surface area contributed by atoms with Crippen LogP contribution in [0.3, 0.4) is 0 Å². The molecule has 0 amide bonds. The molecule has 0 saturated heterocycles. The summed E-state index contributed by atoms with van der Waals surface area (Å²) in [6, 6.07) is 0. The smallest absolute Gasteiger partial charge is 0.203 e. The van der Waals surface area contributed by atoms with Crippen molar-refractivity contribution in [2.45, 2.75) is 11.9 Å². The van der Waals surface area contributed by atoms with Gasteiger partial charge in [-0.3, -0.25) is 0 Å². The van der Waals surface area contributed by atoms with Gasteiger partial charge in [-0.05, 0) is 12.5 Å². The summed E-state index contributed by atoms with van der Waals surface area (Å²) in [6.07, 6.45) is 4.13. The van der Waals surface area contributed by atoms with Crippen LogP contribution in [0.4, 0.5) is 13.2 Å². The molecule has 0 N–H and O–H groups in total. The first-order chi connectivity index (χ1) is 5.86. The van der Waals surface area contributed by atoms with Gasteiger partial charge < -0.3 is 0 Å². The quantitative estimate of drug-likeness (QED) is 0.650. The standard InChI is InChI=1S/C6H7F3NO2S/c7-6(8,9)13(11,12)10-4-2-1-3-5-10/h2H,3-5H2. The van der Waals surface area contributed by atoms with Crippen LogP contribution in [0.1, 0.15) is 6.42 Å². The van der Waals surface area contributed by atoms with Gasteiger partial charge in [0.15, 0.2) is 0 Å². The largest absolute Gasteiger partial charge is 0.511 e. The lowest BCUT2D eigenvalue weighted by Gasteiger charge is -2.23. The molecule has 0 saturated carbocycles. The first kappa shape index (κ1) is 10.5. The van der Waals surface area contributed by atoms with Gasteiger partial charge in [0.1, 0.15) is 0 Å². The third-order valence-corrected chi connectivity index (χ3v) is 3.17. The Morgan fingerprint density at radius 1 is 1.38 bits per heavy atom. The van der Waals surface area contributed by atoms with Crippen molar-refractivity contribution in [3.63, 3.8) is 0 Å². The molecule has 0 unspecified atom stereocenters. The molecule has 1 rings (SSSR count). The summed E-state index contributed by atoms with van der Waals surface area (Å²) in [6.45, 7) is -0.403. The van der Waals surface area contributed by atoms with Crippen molar-refractivity contribution in [2.75, 3.05) is 13.1 Å². The summed E-state index contributed by atoms with van der Waals surface area (Å²) >= 11 is 0. The molecule has 75 valence electrons. The predicted octanol–water partition coefficient (Wildman–Crippen LogP) is 0.901. The average Bonchev–Trinajstić information content (AvgIpc) is 2.04. The first-order valence-corrected chi connectivity index (χ1v) is 4.91. The van der Waals surface area contributed by atoms with E-state index in [9.17, 15) is 21.6 Å². The van der Waals surface area contributed by atoms with E-state index in [-0.39, 0.29) is 19.5 Å². The number of hydrogen-bond acceptors (Lipinski definition) is 2. The van der Waals surface area contributed by atoms with Crippen LogP contribution in [0.5, 0.6) is 0 Å². The second-order valence-corrected chi connectivity index (χ2v) is 4.40. The molecule has 1 heterocycles. The van der Waals surface area contributed by atoms with Crippen LogP contribution < -0.4 is 0 Å². The maximum Gasteiger partial charge on any atom is 0.511 e. The van der Waals surface area contributed by atoms with E-state index in [1.54, 1.807) is 0 Å². The predicted molar refractivity (Wildman–Crippen MR) is 39.0 cm³/mol. The van der Waals surface area contributed by atoms with Crippen molar-refractivity contribution in [3.8, 4) is 0 Å². The zero-order valence-electron chi connectivity index (χ0n) is 6.50. The fourth-order valence-corrected chi connectivity index (χ4v) is 1.81. The van der Waals surface area contributed by atoms with E-state index in [1.165, 1.54) is 6.08 Å². The lowest BCUT2D eigenvalue weighted by Crippen LogP contribution is -2.42. The summed E-state index contributed by atoms with van der Waals surface area (Å²) < 4.78 is 57.8. The van der Waals surface area contributed by atoms with Crippen molar-refractivity contribution >= 4 is 10.0 Å². The Bertz CT molecular complexity index is 306. The fraction of sp³-hybridized carbons (Fsp3) is 0.667. The highest BCUT2D eigenvalue weighted by Crippen LogP contribution is 2.27. The van der Waals surface area contributed by atoms with E-state index in [4.69, 9.17) is 0 Å². The van der Waals surface area contributed by atoms with Crippen molar-refractivity contribution in [1.29, 1.82) is 0 Å². The monoisotopic (exact) mass is 214 g/mol. The number of halogens is 3. The minimum atomic E-state index is -5.20. The molecule has 1 radical (unpaired) electrons. The Morgan fingerprint density at radius 2 is 2.00 bits per heavy atom. The third kappa shape index (κ3) is 2.02. The molecule has 1 aliphatic rings. The van der Waals surface area contributed by atoms with E-state index in [0.29, 0.717) is 4.31 Å². The molecular formula is C6H7F3NO2S. The number of hydrogen-bond donors (Lipinski definition) is 0. The molecule has 0 fully saturated rings. The van der Waals surface area contributed by atoms with Gasteiger partial charge in [0.2, 0.25) is 0 Å². The topological polar surface area (TPSA) is 37.4 Å². The summed E-state index contributed by atoms with van der Waals surface area (Å²) in [7, 11) is -5.14. The van der Waals surface area contributed by atoms with Gasteiger partial charge in [-0.1, -0.05) is 6.08 Å². The number of rotatable bonds is 1. The molecule has 1 aliphatic heterocycles. The van der Waals surface area contributed by atoms with Crippen LogP contribution in [0, 0.1) is 6.08 Å². The maximum absolute atomic E-state index is 12.0. The fourth-order valence-electron chi connectivity index (χ4n) is 0.914. The van der Waals surface area contributed by atoms with E-state index in [1.807, 2.05) is 0 Å². The van der Waals surface area contributed by atoms with Crippen molar-refractivity contribution in [1.82, 2.24) is 4.31 Å². The molecule has 0 aromatic carbocycles. The number of sulfonamides is 1. The Morgan fingerprint density at radius 3 is 2.38 bits per heavy atom. The van der Waals surface area contributed by atoms with Gasteiger partial charge in [-0.25, -0.2) is 8.42 Å². The van der Waals surface area contributed by atoms with Crippen LogP contribution in [0.2, 0.25) is 0 Å². The molecule has 0 bridgehead atoms. The molecule has 0 atom stereocenters. The second-order valence-electron chi connectivity index (χ2n) is 2.47. The molecule has 3 nitrogen and oxygen atoms in total. The molecule has 0 aromatic rings. The first-order valence-electron chi connectivity index (χ1n) is 3.47. The van der Waals surface area contributed by atoms with Gasteiger partial charge >= 0.3 is 15.5 Å². The van der Waals surface area contributed by atoms with Crippen molar-refractivity contribution in [2.24, 2.45) is 0 Å². The summed E-state index contributed by atoms with van der Waals surface area (Å²) in [4.78, 5) is 0. The zero-order valence-corrected chi connectivity index (χ0v) is 7.32. The van der Waals surface area contributed by atoms with E-state index >= 15 is 0 Å². The third-order valence-electron chi connectivity index (χ3n) is 1.58. The molecule has 0 aromatic heterocycles. The van der Waals surface area contributed by atoms with Crippen LogP contribution in [-0.2, 0) is 10.0 Å². The van der Waals surface area contributed by atoms with Gasteiger partial charge in [0, 0.05) is 13.1 Å². The van der Waals surface area contributed by atoms with Crippen LogP contribution in [-0.4, -0.2) is 31.3 Å². The van der Waals surface area contributed by atoms with Gasteiger partial charge in [0.25, 0.3) is 0 Å². The second kappa shape index (κ2) is 3.30. The molecule has 7 heteroatoms. The summed E-state index contributed by atoms with van der Waals surface area (Å²) in [5, 5.41) is 0. The van der Waals surface area contributed by atoms with Crippen molar-refractivity contribution < 1.29 is 21.6 Å². The lowest BCUT2D eigenvalue weighted by molar-refractivity contribution is -0.0487. The SMILES string of the molecule is O=S(=O)(N1CC=[C]CC1)C(F)(F)F. The maximum atomic E-state index is 12.0. The van der Waals surface area contributed by atoms with Crippen LogP contribution in [0.15, 0.2) is 6.08 Å². The summed E-state index contributed by atoms with van der Waals surface area (Å²) in [5.74, 6) is 0. The Balaban J connectivity index is 2.88. The summed E-state index contributed by atoms with van der Waals surface area (Å²) in [5.41, 5.74) is -5.20. The molecule has 0 spiro atoms. The molecule has 0 aliphatic carbocycles.